The zero-order valence-corrected chi connectivity index (χ0v) is 18.2. The monoisotopic (exact) mass is 432 g/mol. The Balaban J connectivity index is 1.63. The van der Waals surface area contributed by atoms with Crippen molar-refractivity contribution in [2.45, 2.75) is 6.92 Å². The molecule has 0 aliphatic carbocycles. The van der Waals surface area contributed by atoms with Crippen LogP contribution in [0.2, 0.25) is 0 Å². The summed E-state index contributed by atoms with van der Waals surface area (Å²) < 4.78 is 21.2. The highest BCUT2D eigenvalue weighted by Crippen LogP contribution is 2.28. The van der Waals surface area contributed by atoms with Gasteiger partial charge in [-0.2, -0.15) is 0 Å². The molecule has 0 saturated heterocycles. The first kappa shape index (κ1) is 22.6. The van der Waals surface area contributed by atoms with Gasteiger partial charge in [0.2, 0.25) is 0 Å². The van der Waals surface area contributed by atoms with Crippen LogP contribution in [0.1, 0.15) is 33.2 Å². The van der Waals surface area contributed by atoms with E-state index in [1.165, 1.54) is 20.3 Å². The van der Waals surface area contributed by atoms with Gasteiger partial charge >= 0.3 is 5.97 Å². The van der Waals surface area contributed by atoms with Gasteiger partial charge in [-0.15, -0.1) is 0 Å². The maximum absolute atomic E-state index is 12.4. The van der Waals surface area contributed by atoms with Crippen LogP contribution in [-0.4, -0.2) is 32.6 Å². The summed E-state index contributed by atoms with van der Waals surface area (Å²) in [6, 6.07) is 18.6. The molecule has 6 heteroatoms. The van der Waals surface area contributed by atoms with Gasteiger partial charge in [-0.1, -0.05) is 18.2 Å². The lowest BCUT2D eigenvalue weighted by molar-refractivity contribution is 0.0734. The summed E-state index contributed by atoms with van der Waals surface area (Å²) >= 11 is 0. The maximum atomic E-state index is 12.4. The molecule has 0 bridgehead atoms. The van der Waals surface area contributed by atoms with E-state index < -0.39 is 5.97 Å². The molecule has 0 N–H and O–H groups in total. The zero-order valence-electron chi connectivity index (χ0n) is 18.2. The van der Waals surface area contributed by atoms with Crippen LogP contribution >= 0.6 is 0 Å². The summed E-state index contributed by atoms with van der Waals surface area (Å²) in [7, 11) is 3.01. The predicted molar refractivity (Wildman–Crippen MR) is 122 cm³/mol. The molecule has 0 unspecified atom stereocenters. The first-order valence-corrected chi connectivity index (χ1v) is 10.0. The smallest absolute Gasteiger partial charge is 0.343 e. The normalized spacial score (nSPS) is 10.6. The number of methoxy groups -OCH3 is 2. The Labute approximate surface area is 187 Å². The fourth-order valence-corrected chi connectivity index (χ4v) is 2.93. The number of esters is 1. The lowest BCUT2D eigenvalue weighted by Crippen LogP contribution is -2.09. The van der Waals surface area contributed by atoms with Crippen molar-refractivity contribution < 1.29 is 28.5 Å². The Kier molecular flexibility index (Phi) is 7.65. The van der Waals surface area contributed by atoms with Crippen molar-refractivity contribution in [3.63, 3.8) is 0 Å². The van der Waals surface area contributed by atoms with Gasteiger partial charge in [0.15, 0.2) is 17.3 Å². The second-order valence-electron chi connectivity index (χ2n) is 6.68. The highest BCUT2D eigenvalue weighted by atomic mass is 16.5. The van der Waals surface area contributed by atoms with E-state index in [4.69, 9.17) is 18.9 Å². The number of rotatable bonds is 9. The third-order valence-electron chi connectivity index (χ3n) is 4.59. The Morgan fingerprint density at radius 3 is 2.03 bits per heavy atom. The number of ether oxygens (including phenoxy) is 4. The van der Waals surface area contributed by atoms with E-state index in [0.29, 0.717) is 35.0 Å². The van der Waals surface area contributed by atoms with Gasteiger partial charge in [-0.05, 0) is 73.2 Å². The molecule has 0 heterocycles. The van der Waals surface area contributed by atoms with Crippen molar-refractivity contribution in [2.24, 2.45) is 0 Å². The molecule has 32 heavy (non-hydrogen) atoms. The van der Waals surface area contributed by atoms with E-state index in [2.05, 4.69) is 0 Å². The average molecular weight is 432 g/mol. The summed E-state index contributed by atoms with van der Waals surface area (Å²) in [5.74, 6) is 1.37. The maximum Gasteiger partial charge on any atom is 0.343 e. The molecule has 0 aliphatic heterocycles. The van der Waals surface area contributed by atoms with E-state index in [0.717, 1.165) is 11.3 Å². The number of hydrogen-bond donors (Lipinski definition) is 0. The van der Waals surface area contributed by atoms with Crippen LogP contribution in [0, 0.1) is 0 Å². The lowest BCUT2D eigenvalue weighted by Gasteiger charge is -2.09. The van der Waals surface area contributed by atoms with Crippen molar-refractivity contribution in [2.75, 3.05) is 20.8 Å². The highest BCUT2D eigenvalue weighted by molar-refractivity contribution is 6.06. The molecule has 0 fully saturated rings. The molecule has 0 spiro atoms. The molecule has 0 radical (unpaired) electrons. The Hall–Kier alpha value is -4.06. The Bertz CT molecular complexity index is 1100. The molecule has 0 aromatic heterocycles. The second-order valence-corrected chi connectivity index (χ2v) is 6.68. The molecule has 6 nitrogen and oxygen atoms in total. The van der Waals surface area contributed by atoms with E-state index in [9.17, 15) is 9.59 Å². The molecule has 3 aromatic carbocycles. The SMILES string of the molecule is CCOc1ccc(/C=C/C(=O)c2ccc(OC(=O)c3ccc(OC)c(OC)c3)cc2)cc1. The van der Waals surface area contributed by atoms with Crippen LogP contribution in [0.15, 0.2) is 72.8 Å². The number of benzene rings is 3. The van der Waals surface area contributed by atoms with Crippen LogP contribution in [0.5, 0.6) is 23.0 Å². The fraction of sp³-hybridized carbons (Fsp3) is 0.154. The van der Waals surface area contributed by atoms with E-state index in [-0.39, 0.29) is 5.78 Å². The average Bonchev–Trinajstić information content (AvgIpc) is 2.83. The third-order valence-corrected chi connectivity index (χ3v) is 4.59. The van der Waals surface area contributed by atoms with Gasteiger partial charge in [0.25, 0.3) is 0 Å². The number of carbonyl (C=O) groups is 2. The zero-order chi connectivity index (χ0) is 22.9. The van der Waals surface area contributed by atoms with Crippen molar-refractivity contribution in [3.8, 4) is 23.0 Å². The van der Waals surface area contributed by atoms with Crippen LogP contribution in [0.25, 0.3) is 6.08 Å². The molecule has 0 saturated carbocycles. The molecule has 0 atom stereocenters. The van der Waals surface area contributed by atoms with Crippen molar-refractivity contribution in [1.82, 2.24) is 0 Å². The van der Waals surface area contributed by atoms with E-state index >= 15 is 0 Å². The Morgan fingerprint density at radius 1 is 0.781 bits per heavy atom. The molecule has 164 valence electrons. The summed E-state index contributed by atoms with van der Waals surface area (Å²) in [5, 5.41) is 0. The largest absolute Gasteiger partial charge is 0.494 e. The fourth-order valence-electron chi connectivity index (χ4n) is 2.93. The number of ketones is 1. The number of allylic oxidation sites excluding steroid dienone is 1. The van der Waals surface area contributed by atoms with Crippen molar-refractivity contribution in [1.29, 1.82) is 0 Å². The molecule has 3 aromatic rings. The molecule has 0 amide bonds. The van der Waals surface area contributed by atoms with Gasteiger partial charge in [0, 0.05) is 5.56 Å². The highest BCUT2D eigenvalue weighted by Gasteiger charge is 2.13. The first-order valence-electron chi connectivity index (χ1n) is 10.0. The van der Waals surface area contributed by atoms with Crippen molar-refractivity contribution in [3.05, 3.63) is 89.5 Å². The van der Waals surface area contributed by atoms with Gasteiger partial charge in [0.05, 0.1) is 26.4 Å². The van der Waals surface area contributed by atoms with Crippen LogP contribution in [0.4, 0.5) is 0 Å². The second kappa shape index (κ2) is 10.8. The molecule has 0 aliphatic rings. The van der Waals surface area contributed by atoms with Crippen LogP contribution in [0.3, 0.4) is 0 Å². The van der Waals surface area contributed by atoms with Gasteiger partial charge in [-0.3, -0.25) is 4.79 Å². The van der Waals surface area contributed by atoms with E-state index in [1.54, 1.807) is 48.5 Å². The number of hydrogen-bond acceptors (Lipinski definition) is 6. The van der Waals surface area contributed by atoms with Gasteiger partial charge in [-0.25, -0.2) is 4.79 Å². The summed E-state index contributed by atoms with van der Waals surface area (Å²) in [6.45, 7) is 2.53. The quantitative estimate of drug-likeness (QED) is 0.200. The Morgan fingerprint density at radius 2 is 1.41 bits per heavy atom. The minimum absolute atomic E-state index is 0.156. The molecule has 3 rings (SSSR count). The minimum atomic E-state index is -0.541. The lowest BCUT2D eigenvalue weighted by atomic mass is 10.1. The van der Waals surface area contributed by atoms with Gasteiger partial charge in [0.1, 0.15) is 11.5 Å². The minimum Gasteiger partial charge on any atom is -0.494 e. The summed E-state index contributed by atoms with van der Waals surface area (Å²) in [4.78, 5) is 24.8. The molecular formula is C26H24O6. The molecular weight excluding hydrogens is 408 g/mol. The van der Waals surface area contributed by atoms with Crippen LogP contribution < -0.4 is 18.9 Å². The van der Waals surface area contributed by atoms with Crippen molar-refractivity contribution >= 4 is 17.8 Å². The van der Waals surface area contributed by atoms with Crippen LogP contribution in [-0.2, 0) is 0 Å². The summed E-state index contributed by atoms with van der Waals surface area (Å²) in [5.41, 5.74) is 1.70. The van der Waals surface area contributed by atoms with Gasteiger partial charge < -0.3 is 18.9 Å². The standard InChI is InChI=1S/C26H24O6/c1-4-31-21-11-5-18(6-12-21)7-15-23(27)19-8-13-22(14-9-19)32-26(28)20-10-16-24(29-2)25(17-20)30-3/h5-17H,4H2,1-3H3/b15-7+. The predicted octanol–water partition coefficient (Wildman–Crippen LogP) is 5.22. The number of carbonyl (C=O) groups excluding carboxylic acids is 2. The topological polar surface area (TPSA) is 71.1 Å². The first-order chi connectivity index (χ1) is 15.5. The summed E-state index contributed by atoms with van der Waals surface area (Å²) in [6.07, 6.45) is 3.24. The van der Waals surface area contributed by atoms with E-state index in [1.807, 2.05) is 31.2 Å². The third kappa shape index (κ3) is 5.76.